The van der Waals surface area contributed by atoms with Crippen molar-refractivity contribution in [3.05, 3.63) is 132 Å². The van der Waals surface area contributed by atoms with Crippen LogP contribution in [0.2, 0.25) is 0 Å². The van der Waals surface area contributed by atoms with Crippen molar-refractivity contribution >= 4 is 67.8 Å². The van der Waals surface area contributed by atoms with Crippen LogP contribution in [0.1, 0.15) is 11.1 Å². The average molecular weight is 575 g/mol. The maximum absolute atomic E-state index is 4.57. The van der Waals surface area contributed by atoms with Gasteiger partial charge < -0.3 is 9.80 Å². The van der Waals surface area contributed by atoms with E-state index in [9.17, 15) is 0 Å². The number of azo groups is 2. The first-order valence-electron chi connectivity index (χ1n) is 14.6. The van der Waals surface area contributed by atoms with Gasteiger partial charge in [-0.25, -0.2) is 0 Å². The van der Waals surface area contributed by atoms with Gasteiger partial charge >= 0.3 is 0 Å². The molecular weight excluding hydrogens is 540 g/mol. The van der Waals surface area contributed by atoms with Gasteiger partial charge in [0, 0.05) is 61.1 Å². The minimum absolute atomic E-state index is 0.807. The van der Waals surface area contributed by atoms with Gasteiger partial charge in [-0.3, -0.25) is 0 Å². The Labute approximate surface area is 258 Å². The topological polar surface area (TPSA) is 55.9 Å². The molecule has 44 heavy (non-hydrogen) atoms. The second kappa shape index (κ2) is 12.7. The molecule has 6 nitrogen and oxygen atoms in total. The molecule has 216 valence electrons. The van der Waals surface area contributed by atoms with Gasteiger partial charge in [-0.05, 0) is 59.7 Å². The fourth-order valence-corrected chi connectivity index (χ4v) is 5.21. The third-order valence-corrected chi connectivity index (χ3v) is 7.52. The molecule has 0 heterocycles. The molecule has 0 spiro atoms. The van der Waals surface area contributed by atoms with Crippen LogP contribution in [0.4, 0.5) is 34.1 Å². The predicted molar refractivity (Wildman–Crippen MR) is 187 cm³/mol. The van der Waals surface area contributed by atoms with E-state index in [0.717, 1.165) is 66.8 Å². The minimum atomic E-state index is 0.807. The van der Waals surface area contributed by atoms with Crippen LogP contribution in [0.3, 0.4) is 0 Å². The van der Waals surface area contributed by atoms with Gasteiger partial charge in [0.1, 0.15) is 0 Å². The van der Waals surface area contributed by atoms with Crippen molar-refractivity contribution in [1.82, 2.24) is 0 Å². The second-order valence-electron chi connectivity index (χ2n) is 11.0. The van der Waals surface area contributed by atoms with Crippen molar-refractivity contribution in [2.45, 2.75) is 0 Å². The fourth-order valence-electron chi connectivity index (χ4n) is 5.21. The highest BCUT2D eigenvalue weighted by Crippen LogP contribution is 2.35. The van der Waals surface area contributed by atoms with Crippen molar-refractivity contribution in [1.29, 1.82) is 0 Å². The zero-order valence-corrected chi connectivity index (χ0v) is 25.4. The standard InChI is InChI=1S/C38H34N6/c1-43(2)37-25-23-35(31-9-5-7-11-33(31)37)41-39-29-19-15-27(16-20-29)13-14-28-17-21-30(22-18-28)40-42-36-24-26-38(44(3)4)34-12-8-6-10-32(34)36/h5-26H,1-4H3. The Bertz CT molecular complexity index is 1860. The molecule has 0 aromatic heterocycles. The Morgan fingerprint density at radius 3 is 1.11 bits per heavy atom. The quantitative estimate of drug-likeness (QED) is 0.134. The molecule has 0 aliphatic heterocycles. The summed E-state index contributed by atoms with van der Waals surface area (Å²) in [5, 5.41) is 22.6. The van der Waals surface area contributed by atoms with Crippen LogP contribution >= 0.6 is 0 Å². The van der Waals surface area contributed by atoms with Gasteiger partial charge in [0.15, 0.2) is 0 Å². The molecule has 0 saturated carbocycles. The third kappa shape index (κ3) is 6.25. The first kappa shape index (κ1) is 28.5. The first-order valence-corrected chi connectivity index (χ1v) is 14.6. The smallest absolute Gasteiger partial charge is 0.0936 e. The third-order valence-electron chi connectivity index (χ3n) is 7.52. The van der Waals surface area contributed by atoms with E-state index >= 15 is 0 Å². The number of benzene rings is 6. The predicted octanol–water partition coefficient (Wildman–Crippen LogP) is 11.1. The molecule has 0 unspecified atom stereocenters. The summed E-state index contributed by atoms with van der Waals surface area (Å²) in [4.78, 5) is 4.23. The molecule has 0 N–H and O–H groups in total. The molecule has 0 atom stereocenters. The maximum Gasteiger partial charge on any atom is 0.0936 e. The summed E-state index contributed by atoms with van der Waals surface area (Å²) >= 11 is 0. The van der Waals surface area contributed by atoms with E-state index in [2.05, 4.69) is 119 Å². The van der Waals surface area contributed by atoms with Crippen LogP contribution in [-0.2, 0) is 0 Å². The molecule has 0 bridgehead atoms. The van der Waals surface area contributed by atoms with Crippen molar-refractivity contribution in [2.24, 2.45) is 20.5 Å². The molecule has 6 heteroatoms. The van der Waals surface area contributed by atoms with Crippen molar-refractivity contribution in [3.8, 4) is 0 Å². The molecule has 6 aromatic carbocycles. The van der Waals surface area contributed by atoms with E-state index in [-0.39, 0.29) is 0 Å². The molecule has 6 aromatic rings. The fraction of sp³-hybridized carbons (Fsp3) is 0.105. The zero-order chi connectivity index (χ0) is 30.5. The van der Waals surface area contributed by atoms with Crippen LogP contribution in [-0.4, -0.2) is 28.2 Å². The molecule has 0 radical (unpaired) electrons. The normalized spacial score (nSPS) is 11.8. The highest BCUT2D eigenvalue weighted by molar-refractivity contribution is 6.02. The summed E-state index contributed by atoms with van der Waals surface area (Å²) in [5.41, 5.74) is 7.82. The van der Waals surface area contributed by atoms with Crippen molar-refractivity contribution in [2.75, 3.05) is 38.0 Å². The second-order valence-corrected chi connectivity index (χ2v) is 11.0. The largest absolute Gasteiger partial charge is 0.377 e. The Balaban J connectivity index is 1.12. The number of fused-ring (bicyclic) bond motifs is 2. The average Bonchev–Trinajstić information content (AvgIpc) is 3.05. The first-order chi connectivity index (χ1) is 21.5. The highest BCUT2D eigenvalue weighted by Gasteiger charge is 2.08. The molecule has 0 aliphatic rings. The Hall–Kier alpha value is -5.62. The monoisotopic (exact) mass is 574 g/mol. The van der Waals surface area contributed by atoms with E-state index in [1.165, 1.54) is 0 Å². The molecule has 0 fully saturated rings. The summed E-state index contributed by atoms with van der Waals surface area (Å²) < 4.78 is 0. The summed E-state index contributed by atoms with van der Waals surface area (Å²) in [7, 11) is 8.20. The van der Waals surface area contributed by atoms with Gasteiger partial charge in [-0.1, -0.05) is 84.9 Å². The number of hydrogen-bond acceptors (Lipinski definition) is 6. The van der Waals surface area contributed by atoms with E-state index in [0.29, 0.717) is 0 Å². The maximum atomic E-state index is 4.57. The van der Waals surface area contributed by atoms with Gasteiger partial charge in [-0.2, -0.15) is 10.2 Å². The number of anilines is 2. The Morgan fingerprint density at radius 2 is 0.750 bits per heavy atom. The Kier molecular flexibility index (Phi) is 8.23. The molecule has 0 amide bonds. The summed E-state index contributed by atoms with van der Waals surface area (Å²) in [6.07, 6.45) is 4.17. The number of hydrogen-bond donors (Lipinski definition) is 0. The summed E-state index contributed by atoms with van der Waals surface area (Å²) in [6.45, 7) is 0. The lowest BCUT2D eigenvalue weighted by Gasteiger charge is -2.16. The van der Waals surface area contributed by atoms with Crippen LogP contribution in [0, 0.1) is 0 Å². The van der Waals surface area contributed by atoms with Crippen LogP contribution in [0.5, 0.6) is 0 Å². The SMILES string of the molecule is CN(C)c1ccc(N=Nc2ccc(C=Cc3ccc(N=Nc4ccc(N(C)C)c5ccccc45)cc3)cc2)c2ccccc12. The molecule has 0 aliphatic carbocycles. The van der Waals surface area contributed by atoms with Crippen LogP contribution in [0.15, 0.2) is 142 Å². The highest BCUT2D eigenvalue weighted by atomic mass is 15.1. The molecule has 0 saturated heterocycles. The molecular formula is C38H34N6. The summed E-state index contributed by atoms with van der Waals surface area (Å²) in [6, 6.07) is 40.9. The molecule has 6 rings (SSSR count). The minimum Gasteiger partial charge on any atom is -0.377 e. The van der Waals surface area contributed by atoms with E-state index < -0.39 is 0 Å². The van der Waals surface area contributed by atoms with Crippen LogP contribution < -0.4 is 9.80 Å². The van der Waals surface area contributed by atoms with E-state index in [4.69, 9.17) is 0 Å². The van der Waals surface area contributed by atoms with E-state index in [1.807, 2.05) is 72.8 Å². The summed E-state index contributed by atoms with van der Waals surface area (Å²) in [5.74, 6) is 0. The van der Waals surface area contributed by atoms with Crippen molar-refractivity contribution < 1.29 is 0 Å². The number of rotatable bonds is 8. The van der Waals surface area contributed by atoms with Crippen molar-refractivity contribution in [3.63, 3.8) is 0 Å². The van der Waals surface area contributed by atoms with Gasteiger partial charge in [0.2, 0.25) is 0 Å². The lowest BCUT2D eigenvalue weighted by Crippen LogP contribution is -2.08. The zero-order valence-electron chi connectivity index (χ0n) is 25.4. The number of nitrogens with zero attached hydrogens (tertiary/aromatic N) is 6. The van der Waals surface area contributed by atoms with Gasteiger partial charge in [0.25, 0.3) is 0 Å². The van der Waals surface area contributed by atoms with Crippen LogP contribution in [0.25, 0.3) is 33.7 Å². The Morgan fingerprint density at radius 1 is 0.386 bits per heavy atom. The van der Waals surface area contributed by atoms with Gasteiger partial charge in [0.05, 0.1) is 22.7 Å². The lowest BCUT2D eigenvalue weighted by molar-refractivity contribution is 1.14. The lowest BCUT2D eigenvalue weighted by atomic mass is 10.1. The van der Waals surface area contributed by atoms with E-state index in [1.54, 1.807) is 0 Å². The van der Waals surface area contributed by atoms with Gasteiger partial charge in [-0.15, -0.1) is 10.2 Å².